The average Bonchev–Trinajstić information content (AvgIpc) is 3.11. The van der Waals surface area contributed by atoms with Crippen molar-refractivity contribution in [3.63, 3.8) is 0 Å². The summed E-state index contributed by atoms with van der Waals surface area (Å²) < 4.78 is 8.02. The molecule has 0 saturated carbocycles. The van der Waals surface area contributed by atoms with E-state index in [1.807, 2.05) is 41.1 Å². The summed E-state index contributed by atoms with van der Waals surface area (Å²) in [6.45, 7) is 4.43. The zero-order valence-electron chi connectivity index (χ0n) is 17.6. The molecule has 6 nitrogen and oxygen atoms in total. The fourth-order valence-corrected chi connectivity index (χ4v) is 3.66. The number of fused-ring (bicyclic) bond motifs is 1. The Kier molecular flexibility index (Phi) is 5.62. The molecule has 1 aromatic heterocycles. The van der Waals surface area contributed by atoms with Crippen molar-refractivity contribution in [2.24, 2.45) is 0 Å². The first-order valence-electron chi connectivity index (χ1n) is 10.2. The van der Waals surface area contributed by atoms with Gasteiger partial charge in [0.15, 0.2) is 0 Å². The van der Waals surface area contributed by atoms with Crippen LogP contribution in [0.2, 0.25) is 0 Å². The Labute approximate surface area is 180 Å². The van der Waals surface area contributed by atoms with Crippen molar-refractivity contribution in [1.82, 2.24) is 9.78 Å². The zero-order chi connectivity index (χ0) is 22.0. The molecular weight excluding hydrogens is 390 g/mol. The molecule has 6 heteroatoms. The number of para-hydroxylation sites is 1. The summed E-state index contributed by atoms with van der Waals surface area (Å²) in [5.41, 5.74) is 11.2. The SMILES string of the molecule is CC(C)n1nc(COc2ccccc2CC(=O)O)c2cc(-c3ccc(N)cc3)ccc21. The monoisotopic (exact) mass is 415 g/mol. The summed E-state index contributed by atoms with van der Waals surface area (Å²) in [5.74, 6) is -0.328. The smallest absolute Gasteiger partial charge is 0.307 e. The fourth-order valence-electron chi connectivity index (χ4n) is 3.66. The Hall–Kier alpha value is -3.80. The minimum atomic E-state index is -0.890. The van der Waals surface area contributed by atoms with Crippen molar-refractivity contribution in [2.45, 2.75) is 32.9 Å². The number of ether oxygens (including phenoxy) is 1. The lowest BCUT2D eigenvalue weighted by Crippen LogP contribution is -2.06. The molecule has 0 aliphatic carbocycles. The van der Waals surface area contributed by atoms with Gasteiger partial charge in [-0.1, -0.05) is 36.4 Å². The predicted octanol–water partition coefficient (Wildman–Crippen LogP) is 5.07. The molecule has 0 radical (unpaired) electrons. The quantitative estimate of drug-likeness (QED) is 0.411. The number of hydrogen-bond donors (Lipinski definition) is 2. The van der Waals surface area contributed by atoms with Crippen LogP contribution in [0.15, 0.2) is 66.7 Å². The molecule has 0 fully saturated rings. The second-order valence-corrected chi connectivity index (χ2v) is 7.81. The number of carbonyl (C=O) groups is 1. The fraction of sp³-hybridized carbons (Fsp3) is 0.200. The van der Waals surface area contributed by atoms with Gasteiger partial charge in [-0.05, 0) is 55.3 Å². The molecule has 1 heterocycles. The first-order valence-corrected chi connectivity index (χ1v) is 10.2. The van der Waals surface area contributed by atoms with Crippen LogP contribution in [0.1, 0.15) is 31.1 Å². The second kappa shape index (κ2) is 8.52. The van der Waals surface area contributed by atoms with E-state index in [9.17, 15) is 4.79 Å². The van der Waals surface area contributed by atoms with Gasteiger partial charge in [-0.25, -0.2) is 0 Å². The highest BCUT2D eigenvalue weighted by Crippen LogP contribution is 2.30. The topological polar surface area (TPSA) is 90.4 Å². The highest BCUT2D eigenvalue weighted by atomic mass is 16.5. The van der Waals surface area contributed by atoms with Gasteiger partial charge in [0, 0.05) is 22.7 Å². The van der Waals surface area contributed by atoms with Crippen molar-refractivity contribution < 1.29 is 14.6 Å². The third kappa shape index (κ3) is 4.38. The number of carboxylic acid groups (broad SMARTS) is 1. The van der Waals surface area contributed by atoms with E-state index < -0.39 is 5.97 Å². The van der Waals surface area contributed by atoms with Crippen LogP contribution >= 0.6 is 0 Å². The van der Waals surface area contributed by atoms with Gasteiger partial charge in [0.2, 0.25) is 0 Å². The lowest BCUT2D eigenvalue weighted by atomic mass is 10.0. The van der Waals surface area contributed by atoms with Crippen molar-refractivity contribution in [1.29, 1.82) is 0 Å². The van der Waals surface area contributed by atoms with Crippen LogP contribution < -0.4 is 10.5 Å². The zero-order valence-corrected chi connectivity index (χ0v) is 17.6. The molecule has 0 spiro atoms. The third-order valence-electron chi connectivity index (χ3n) is 5.19. The first kappa shape index (κ1) is 20.5. The highest BCUT2D eigenvalue weighted by molar-refractivity contribution is 5.87. The first-order chi connectivity index (χ1) is 14.9. The minimum Gasteiger partial charge on any atom is -0.487 e. The van der Waals surface area contributed by atoms with Gasteiger partial charge in [-0.2, -0.15) is 5.10 Å². The number of aliphatic carboxylic acids is 1. The lowest BCUT2D eigenvalue weighted by molar-refractivity contribution is -0.136. The van der Waals surface area contributed by atoms with Crippen LogP contribution in [0.3, 0.4) is 0 Å². The van der Waals surface area contributed by atoms with Gasteiger partial charge in [-0.15, -0.1) is 0 Å². The lowest BCUT2D eigenvalue weighted by Gasteiger charge is -2.09. The van der Waals surface area contributed by atoms with E-state index in [4.69, 9.17) is 20.7 Å². The second-order valence-electron chi connectivity index (χ2n) is 7.81. The normalized spacial score (nSPS) is 11.2. The average molecular weight is 415 g/mol. The molecule has 0 bridgehead atoms. The number of rotatable bonds is 7. The van der Waals surface area contributed by atoms with E-state index in [1.165, 1.54) is 0 Å². The summed E-state index contributed by atoms with van der Waals surface area (Å²) in [5, 5.41) is 15.0. The van der Waals surface area contributed by atoms with E-state index in [-0.39, 0.29) is 19.1 Å². The Morgan fingerprint density at radius 2 is 1.77 bits per heavy atom. The number of aromatic nitrogens is 2. The number of hydrogen-bond acceptors (Lipinski definition) is 4. The summed E-state index contributed by atoms with van der Waals surface area (Å²) in [7, 11) is 0. The molecule has 0 amide bonds. The maximum absolute atomic E-state index is 11.2. The molecule has 0 atom stereocenters. The largest absolute Gasteiger partial charge is 0.487 e. The Balaban J connectivity index is 1.71. The maximum Gasteiger partial charge on any atom is 0.307 e. The standard InChI is InChI=1S/C25H25N3O3/c1-16(2)28-23-12-9-18(17-7-10-20(26)11-8-17)13-21(23)22(27-28)15-31-24-6-4-3-5-19(24)14-25(29)30/h3-13,16H,14-15,26H2,1-2H3,(H,29,30). The molecule has 0 saturated heterocycles. The van der Waals surface area contributed by atoms with Gasteiger partial charge >= 0.3 is 5.97 Å². The van der Waals surface area contributed by atoms with Gasteiger partial charge in [0.05, 0.1) is 11.9 Å². The predicted molar refractivity (Wildman–Crippen MR) is 122 cm³/mol. The van der Waals surface area contributed by atoms with Crippen LogP contribution in [0.5, 0.6) is 5.75 Å². The molecule has 0 unspecified atom stereocenters. The molecule has 4 rings (SSSR count). The number of anilines is 1. The van der Waals surface area contributed by atoms with Gasteiger partial charge in [0.25, 0.3) is 0 Å². The van der Waals surface area contributed by atoms with E-state index in [0.717, 1.165) is 33.4 Å². The molecular formula is C25H25N3O3. The number of benzene rings is 3. The maximum atomic E-state index is 11.2. The summed E-state index contributed by atoms with van der Waals surface area (Å²) in [4.78, 5) is 11.2. The van der Waals surface area contributed by atoms with Crippen molar-refractivity contribution in [3.8, 4) is 16.9 Å². The van der Waals surface area contributed by atoms with E-state index >= 15 is 0 Å². The van der Waals surface area contributed by atoms with Crippen molar-refractivity contribution in [2.75, 3.05) is 5.73 Å². The third-order valence-corrected chi connectivity index (χ3v) is 5.19. The molecule has 4 aromatic rings. The van der Waals surface area contributed by atoms with Gasteiger partial charge in [-0.3, -0.25) is 9.48 Å². The number of nitrogens with zero attached hydrogens (tertiary/aromatic N) is 2. The summed E-state index contributed by atoms with van der Waals surface area (Å²) in [6, 6.07) is 21.5. The van der Waals surface area contributed by atoms with E-state index in [1.54, 1.807) is 12.1 Å². The van der Waals surface area contributed by atoms with Crippen LogP contribution in [-0.2, 0) is 17.8 Å². The Bertz CT molecular complexity index is 1230. The summed E-state index contributed by atoms with van der Waals surface area (Å²) >= 11 is 0. The highest BCUT2D eigenvalue weighted by Gasteiger charge is 2.15. The molecule has 31 heavy (non-hydrogen) atoms. The van der Waals surface area contributed by atoms with Gasteiger partial charge < -0.3 is 15.6 Å². The molecule has 158 valence electrons. The van der Waals surface area contributed by atoms with E-state index in [2.05, 4.69) is 32.0 Å². The Morgan fingerprint density at radius 3 is 2.48 bits per heavy atom. The number of carboxylic acids is 1. The van der Waals surface area contributed by atoms with Gasteiger partial charge in [0.1, 0.15) is 18.1 Å². The van der Waals surface area contributed by atoms with Crippen LogP contribution in [-0.4, -0.2) is 20.9 Å². The van der Waals surface area contributed by atoms with E-state index in [0.29, 0.717) is 11.3 Å². The molecule has 0 aliphatic rings. The van der Waals surface area contributed by atoms with Crippen LogP contribution in [0.4, 0.5) is 5.69 Å². The molecule has 3 N–H and O–H groups in total. The van der Waals surface area contributed by atoms with Crippen molar-refractivity contribution >= 4 is 22.6 Å². The number of nitrogen functional groups attached to an aromatic ring is 1. The van der Waals surface area contributed by atoms with Crippen LogP contribution in [0, 0.1) is 0 Å². The number of nitrogens with two attached hydrogens (primary N) is 1. The van der Waals surface area contributed by atoms with Crippen LogP contribution in [0.25, 0.3) is 22.0 Å². The Morgan fingerprint density at radius 1 is 1.06 bits per heavy atom. The molecule has 0 aliphatic heterocycles. The molecule has 3 aromatic carbocycles. The van der Waals surface area contributed by atoms with Crippen molar-refractivity contribution in [3.05, 3.63) is 78.0 Å². The minimum absolute atomic E-state index is 0.0847. The summed E-state index contributed by atoms with van der Waals surface area (Å²) in [6.07, 6.45) is -0.0847.